The number of hydrogen-bond acceptors (Lipinski definition) is 3. The number of rotatable bonds is 8. The van der Waals surface area contributed by atoms with E-state index in [9.17, 15) is 0 Å². The number of nitrogens with one attached hydrogen (secondary N) is 2. The van der Waals surface area contributed by atoms with Gasteiger partial charge in [0, 0.05) is 23.6 Å². The summed E-state index contributed by atoms with van der Waals surface area (Å²) in [5.74, 6) is 1.27. The van der Waals surface area contributed by atoms with E-state index in [0.29, 0.717) is 23.1 Å². The van der Waals surface area contributed by atoms with Gasteiger partial charge in [-0.3, -0.25) is 0 Å². The number of para-hydroxylation sites is 1. The summed E-state index contributed by atoms with van der Waals surface area (Å²) in [7, 11) is 1.60. The third-order valence-electron chi connectivity index (χ3n) is 4.15. The molecular formula is C20H23Cl2N2O2-. The predicted octanol–water partition coefficient (Wildman–Crippen LogP) is 1.56. The molecule has 2 aromatic carbocycles. The smallest absolute Gasteiger partial charge is 0.179 e. The van der Waals surface area contributed by atoms with Crippen LogP contribution in [-0.4, -0.2) is 25.2 Å². The first kappa shape index (κ1) is 20.4. The summed E-state index contributed by atoms with van der Waals surface area (Å²) in [4.78, 5) is 3.31. The summed E-state index contributed by atoms with van der Waals surface area (Å²) >= 11 is 6.29. The summed E-state index contributed by atoms with van der Waals surface area (Å²) < 4.78 is 10.9. The standard InChI is InChI=1S/C20H23ClN2O2.ClH/c1-3-25-19-11-14(10-17(21)20(19)24-2)12-22-9-8-15-13-23-18-7-5-4-6-16(15)18;/h4-7,10-11,13,22-23H,3,8-9,12H2,1-2H3;1H/p-1. The number of H-pyrrole nitrogens is 1. The van der Waals surface area contributed by atoms with Crippen LogP contribution in [0, 0.1) is 0 Å². The number of halogens is 2. The SMILES string of the molecule is CCOc1cc(CNCCc2c[nH]c3ccccc23)cc(Cl)c1OC.[Cl-]. The van der Waals surface area contributed by atoms with Gasteiger partial charge in [0.15, 0.2) is 11.5 Å². The van der Waals surface area contributed by atoms with Crippen LogP contribution in [0.5, 0.6) is 11.5 Å². The highest BCUT2D eigenvalue weighted by molar-refractivity contribution is 6.32. The fraction of sp³-hybridized carbons (Fsp3) is 0.300. The Morgan fingerprint density at radius 2 is 2.00 bits per heavy atom. The summed E-state index contributed by atoms with van der Waals surface area (Å²) in [6.45, 7) is 4.13. The van der Waals surface area contributed by atoms with Crippen molar-refractivity contribution in [1.29, 1.82) is 0 Å². The van der Waals surface area contributed by atoms with Gasteiger partial charge in [0.2, 0.25) is 0 Å². The van der Waals surface area contributed by atoms with Crippen molar-refractivity contribution in [3.05, 3.63) is 58.7 Å². The summed E-state index contributed by atoms with van der Waals surface area (Å²) in [6, 6.07) is 12.3. The fourth-order valence-electron chi connectivity index (χ4n) is 2.98. The van der Waals surface area contributed by atoms with Gasteiger partial charge in [-0.05, 0) is 49.2 Å². The van der Waals surface area contributed by atoms with Crippen LogP contribution < -0.4 is 27.2 Å². The third kappa shape index (κ3) is 4.64. The van der Waals surface area contributed by atoms with E-state index in [1.165, 1.54) is 16.5 Å². The van der Waals surface area contributed by atoms with Crippen LogP contribution >= 0.6 is 11.6 Å². The van der Waals surface area contributed by atoms with E-state index in [2.05, 4.69) is 34.7 Å². The fourth-order valence-corrected chi connectivity index (χ4v) is 3.29. The molecule has 26 heavy (non-hydrogen) atoms. The van der Waals surface area contributed by atoms with E-state index in [1.807, 2.05) is 25.1 Å². The topological polar surface area (TPSA) is 46.3 Å². The molecule has 0 unspecified atom stereocenters. The van der Waals surface area contributed by atoms with Gasteiger partial charge in [0.1, 0.15) is 0 Å². The molecule has 3 aromatic rings. The molecule has 4 nitrogen and oxygen atoms in total. The lowest BCUT2D eigenvalue weighted by molar-refractivity contribution is -0.00000578. The second-order valence-electron chi connectivity index (χ2n) is 5.83. The normalized spacial score (nSPS) is 10.6. The minimum absolute atomic E-state index is 0. The lowest BCUT2D eigenvalue weighted by Gasteiger charge is -2.13. The molecule has 0 aliphatic heterocycles. The largest absolute Gasteiger partial charge is 1.00 e. The van der Waals surface area contributed by atoms with Crippen LogP contribution in [0.3, 0.4) is 0 Å². The van der Waals surface area contributed by atoms with Crippen LogP contribution in [0.15, 0.2) is 42.6 Å². The number of aromatic nitrogens is 1. The van der Waals surface area contributed by atoms with E-state index in [4.69, 9.17) is 21.1 Å². The molecule has 2 N–H and O–H groups in total. The van der Waals surface area contributed by atoms with Crippen LogP contribution in [0.4, 0.5) is 0 Å². The van der Waals surface area contributed by atoms with Crippen molar-refractivity contribution in [2.24, 2.45) is 0 Å². The first-order valence-corrected chi connectivity index (χ1v) is 8.85. The summed E-state index contributed by atoms with van der Waals surface area (Å²) in [5.41, 5.74) is 3.58. The van der Waals surface area contributed by atoms with Gasteiger partial charge in [-0.25, -0.2) is 0 Å². The van der Waals surface area contributed by atoms with Crippen molar-refractivity contribution in [3.8, 4) is 11.5 Å². The lowest BCUT2D eigenvalue weighted by atomic mass is 10.1. The molecule has 0 aliphatic rings. The summed E-state index contributed by atoms with van der Waals surface area (Å²) in [6.07, 6.45) is 3.05. The monoisotopic (exact) mass is 393 g/mol. The molecular weight excluding hydrogens is 371 g/mol. The summed E-state index contributed by atoms with van der Waals surface area (Å²) in [5, 5.41) is 5.33. The molecule has 0 spiro atoms. The third-order valence-corrected chi connectivity index (χ3v) is 4.43. The Morgan fingerprint density at radius 1 is 1.19 bits per heavy atom. The Kier molecular flexibility index (Phi) is 7.64. The van der Waals surface area contributed by atoms with Crippen molar-refractivity contribution in [1.82, 2.24) is 10.3 Å². The highest BCUT2D eigenvalue weighted by Gasteiger charge is 2.11. The minimum Gasteiger partial charge on any atom is -1.00 e. The molecule has 0 radical (unpaired) electrons. The van der Waals surface area contributed by atoms with Crippen molar-refractivity contribution in [2.75, 3.05) is 20.3 Å². The second kappa shape index (κ2) is 9.72. The molecule has 140 valence electrons. The number of benzene rings is 2. The maximum absolute atomic E-state index is 6.29. The molecule has 6 heteroatoms. The van der Waals surface area contributed by atoms with Crippen molar-refractivity contribution in [3.63, 3.8) is 0 Å². The van der Waals surface area contributed by atoms with Crippen LogP contribution in [-0.2, 0) is 13.0 Å². The predicted molar refractivity (Wildman–Crippen MR) is 103 cm³/mol. The zero-order valence-corrected chi connectivity index (χ0v) is 16.5. The second-order valence-corrected chi connectivity index (χ2v) is 6.24. The van der Waals surface area contributed by atoms with Gasteiger partial charge >= 0.3 is 0 Å². The molecule has 0 saturated heterocycles. The Labute approximate surface area is 165 Å². The van der Waals surface area contributed by atoms with Gasteiger partial charge in [-0.2, -0.15) is 0 Å². The average Bonchev–Trinajstić information content (AvgIpc) is 3.02. The van der Waals surface area contributed by atoms with Gasteiger partial charge in [-0.15, -0.1) is 0 Å². The quantitative estimate of drug-likeness (QED) is 0.571. The van der Waals surface area contributed by atoms with E-state index >= 15 is 0 Å². The van der Waals surface area contributed by atoms with Crippen molar-refractivity contribution >= 4 is 22.5 Å². The molecule has 0 aliphatic carbocycles. The molecule has 0 amide bonds. The molecule has 0 saturated carbocycles. The molecule has 1 heterocycles. The molecule has 0 bridgehead atoms. The number of hydrogen-bond donors (Lipinski definition) is 2. The first-order valence-electron chi connectivity index (χ1n) is 8.47. The maximum atomic E-state index is 6.29. The van der Waals surface area contributed by atoms with Gasteiger partial charge in [0.05, 0.1) is 18.7 Å². The Morgan fingerprint density at radius 3 is 2.77 bits per heavy atom. The number of aromatic amines is 1. The zero-order valence-electron chi connectivity index (χ0n) is 14.9. The zero-order chi connectivity index (χ0) is 17.6. The van der Waals surface area contributed by atoms with Crippen LogP contribution in [0.2, 0.25) is 5.02 Å². The van der Waals surface area contributed by atoms with Gasteiger partial charge in [-0.1, -0.05) is 29.8 Å². The highest BCUT2D eigenvalue weighted by atomic mass is 35.5. The maximum Gasteiger partial charge on any atom is 0.179 e. The number of fused-ring (bicyclic) bond motifs is 1. The lowest BCUT2D eigenvalue weighted by Crippen LogP contribution is -3.00. The number of methoxy groups -OCH3 is 1. The van der Waals surface area contributed by atoms with Crippen LogP contribution in [0.25, 0.3) is 10.9 Å². The average molecular weight is 394 g/mol. The Bertz CT molecular complexity index is 849. The Balaban J connectivity index is 0.00000243. The van der Waals surface area contributed by atoms with Gasteiger partial charge < -0.3 is 32.2 Å². The van der Waals surface area contributed by atoms with Crippen molar-refractivity contribution < 1.29 is 21.9 Å². The van der Waals surface area contributed by atoms with E-state index in [1.54, 1.807) is 7.11 Å². The van der Waals surface area contributed by atoms with E-state index < -0.39 is 0 Å². The number of ether oxygens (including phenoxy) is 2. The highest BCUT2D eigenvalue weighted by Crippen LogP contribution is 2.36. The molecule has 3 rings (SSSR count). The molecule has 0 fully saturated rings. The van der Waals surface area contributed by atoms with E-state index in [0.717, 1.165) is 25.1 Å². The minimum atomic E-state index is 0. The van der Waals surface area contributed by atoms with Crippen LogP contribution in [0.1, 0.15) is 18.1 Å². The van der Waals surface area contributed by atoms with Crippen molar-refractivity contribution in [2.45, 2.75) is 19.9 Å². The van der Waals surface area contributed by atoms with Gasteiger partial charge in [0.25, 0.3) is 0 Å². The Hall–Kier alpha value is -1.88. The first-order chi connectivity index (χ1) is 12.2. The molecule has 1 aromatic heterocycles. The molecule has 0 atom stereocenters. The van der Waals surface area contributed by atoms with E-state index in [-0.39, 0.29) is 12.4 Å².